The van der Waals surface area contributed by atoms with Gasteiger partial charge in [0, 0.05) is 11.1 Å². The zero-order valence-corrected chi connectivity index (χ0v) is 11.8. The maximum absolute atomic E-state index is 11.5. The van der Waals surface area contributed by atoms with Gasteiger partial charge in [0.15, 0.2) is 17.3 Å². The molecule has 0 fully saturated rings. The van der Waals surface area contributed by atoms with Crippen LogP contribution in [0.3, 0.4) is 0 Å². The molecule has 0 heterocycles. The summed E-state index contributed by atoms with van der Waals surface area (Å²) in [6.07, 6.45) is 0.856. The van der Waals surface area contributed by atoms with Crippen molar-refractivity contribution in [2.75, 3.05) is 6.61 Å². The predicted octanol–water partition coefficient (Wildman–Crippen LogP) is 3.68. The van der Waals surface area contributed by atoms with E-state index in [1.54, 1.807) is 12.1 Å². The van der Waals surface area contributed by atoms with E-state index in [4.69, 9.17) is 4.74 Å². The molecular weight excluding hydrogens is 228 g/mol. The first kappa shape index (κ1) is 14.6. The zero-order chi connectivity index (χ0) is 13.9. The second-order valence-electron chi connectivity index (χ2n) is 5.53. The highest BCUT2D eigenvalue weighted by atomic mass is 16.5. The van der Waals surface area contributed by atoms with Crippen LogP contribution in [0.15, 0.2) is 12.1 Å². The Labute approximate surface area is 109 Å². The fourth-order valence-electron chi connectivity index (χ4n) is 1.70. The molecule has 0 saturated heterocycles. The normalized spacial score (nSPS) is 11.4. The first-order valence-corrected chi connectivity index (χ1v) is 6.28. The van der Waals surface area contributed by atoms with Crippen molar-refractivity contribution in [3.8, 4) is 11.5 Å². The molecule has 100 valence electrons. The number of carbonyl (C=O) groups is 1. The summed E-state index contributed by atoms with van der Waals surface area (Å²) < 4.78 is 5.51. The van der Waals surface area contributed by atoms with Gasteiger partial charge in [-0.05, 0) is 30.9 Å². The third kappa shape index (κ3) is 3.25. The molecule has 0 radical (unpaired) electrons. The Hall–Kier alpha value is -1.51. The summed E-state index contributed by atoms with van der Waals surface area (Å²) in [5.41, 5.74) is 1.07. The quantitative estimate of drug-likeness (QED) is 0.829. The van der Waals surface area contributed by atoms with Gasteiger partial charge in [-0.1, -0.05) is 27.7 Å². The van der Waals surface area contributed by atoms with Crippen LogP contribution in [0.25, 0.3) is 0 Å². The van der Waals surface area contributed by atoms with Crippen molar-refractivity contribution in [3.63, 3.8) is 0 Å². The number of phenolic OH excluding ortho intramolecular Hbond substituents is 1. The topological polar surface area (TPSA) is 46.5 Å². The summed E-state index contributed by atoms with van der Waals surface area (Å²) in [5, 5.41) is 10.2. The summed E-state index contributed by atoms with van der Waals surface area (Å²) in [6.45, 7) is 10.0. The smallest absolute Gasteiger partial charge is 0.161 e. The minimum atomic E-state index is -0.236. The molecule has 0 aliphatic carbocycles. The lowest BCUT2D eigenvalue weighted by Gasteiger charge is -2.23. The Bertz CT molecular complexity index is 442. The average molecular weight is 250 g/mol. The minimum Gasteiger partial charge on any atom is -0.504 e. The Morgan fingerprint density at radius 3 is 2.39 bits per heavy atom. The molecule has 0 spiro atoms. The van der Waals surface area contributed by atoms with Crippen LogP contribution in [0.4, 0.5) is 0 Å². The maximum Gasteiger partial charge on any atom is 0.161 e. The Kier molecular flexibility index (Phi) is 4.38. The zero-order valence-electron chi connectivity index (χ0n) is 11.8. The van der Waals surface area contributed by atoms with Crippen molar-refractivity contribution in [2.45, 2.75) is 46.5 Å². The van der Waals surface area contributed by atoms with E-state index in [9.17, 15) is 9.90 Å². The van der Waals surface area contributed by atoms with Crippen LogP contribution in [0.5, 0.6) is 11.5 Å². The molecule has 3 nitrogen and oxygen atoms in total. The lowest BCUT2D eigenvalue weighted by Crippen LogP contribution is -2.13. The molecule has 0 saturated carbocycles. The van der Waals surface area contributed by atoms with Crippen LogP contribution in [0, 0.1) is 0 Å². The number of ether oxygens (including phenoxy) is 1. The number of rotatable bonds is 4. The first-order valence-electron chi connectivity index (χ1n) is 6.28. The average Bonchev–Trinajstić information content (AvgIpc) is 2.25. The van der Waals surface area contributed by atoms with Crippen LogP contribution < -0.4 is 4.74 Å². The molecule has 0 atom stereocenters. The number of carbonyl (C=O) groups excluding carboxylic acids is 1. The number of Topliss-reactive ketones (excluding diaryl/α,β-unsaturated/α-hetero) is 1. The Morgan fingerprint density at radius 1 is 1.33 bits per heavy atom. The van der Waals surface area contributed by atoms with Crippen molar-refractivity contribution in [1.82, 2.24) is 0 Å². The first-order chi connectivity index (χ1) is 8.27. The third-order valence-electron chi connectivity index (χ3n) is 2.75. The van der Waals surface area contributed by atoms with E-state index in [0.29, 0.717) is 17.9 Å². The van der Waals surface area contributed by atoms with Gasteiger partial charge >= 0.3 is 0 Å². The van der Waals surface area contributed by atoms with E-state index < -0.39 is 0 Å². The summed E-state index contributed by atoms with van der Waals surface area (Å²) in [4.78, 5) is 11.5. The molecule has 0 aliphatic heterocycles. The van der Waals surface area contributed by atoms with Crippen molar-refractivity contribution in [3.05, 3.63) is 23.3 Å². The molecule has 1 aromatic rings. The number of benzene rings is 1. The van der Waals surface area contributed by atoms with Gasteiger partial charge in [0.05, 0.1) is 6.61 Å². The second-order valence-corrected chi connectivity index (χ2v) is 5.53. The van der Waals surface area contributed by atoms with Gasteiger partial charge in [-0.25, -0.2) is 0 Å². The minimum absolute atomic E-state index is 0.0261. The van der Waals surface area contributed by atoms with Gasteiger partial charge in [-0.15, -0.1) is 0 Å². The largest absolute Gasteiger partial charge is 0.504 e. The molecule has 0 aromatic heterocycles. The van der Waals surface area contributed by atoms with Crippen molar-refractivity contribution in [2.24, 2.45) is 0 Å². The fraction of sp³-hybridized carbons (Fsp3) is 0.533. The number of aromatic hydroxyl groups is 1. The van der Waals surface area contributed by atoms with E-state index in [1.165, 1.54) is 6.92 Å². The van der Waals surface area contributed by atoms with Crippen LogP contribution >= 0.6 is 0 Å². The summed E-state index contributed by atoms with van der Waals surface area (Å²) in [6, 6.07) is 3.36. The molecule has 0 bridgehead atoms. The Balaban J connectivity index is 3.33. The molecule has 18 heavy (non-hydrogen) atoms. The molecule has 0 unspecified atom stereocenters. The molecule has 1 aromatic carbocycles. The third-order valence-corrected chi connectivity index (χ3v) is 2.75. The van der Waals surface area contributed by atoms with E-state index in [0.717, 1.165) is 12.0 Å². The lowest BCUT2D eigenvalue weighted by atomic mass is 9.84. The molecule has 1 N–H and O–H groups in total. The van der Waals surface area contributed by atoms with E-state index in [-0.39, 0.29) is 16.9 Å². The predicted molar refractivity (Wildman–Crippen MR) is 72.6 cm³/mol. The van der Waals surface area contributed by atoms with E-state index in [2.05, 4.69) is 0 Å². The number of ketones is 1. The second kappa shape index (κ2) is 5.42. The van der Waals surface area contributed by atoms with Crippen LogP contribution in [0.2, 0.25) is 0 Å². The Morgan fingerprint density at radius 2 is 1.94 bits per heavy atom. The summed E-state index contributed by atoms with van der Waals surface area (Å²) in [7, 11) is 0. The van der Waals surface area contributed by atoms with Crippen LogP contribution in [-0.2, 0) is 5.41 Å². The van der Waals surface area contributed by atoms with Gasteiger partial charge in [0.2, 0.25) is 0 Å². The SMILES string of the molecule is CCCOc1cc(C(C)=O)cc(C(C)(C)C)c1O. The molecule has 1 rings (SSSR count). The maximum atomic E-state index is 11.5. The number of hydrogen-bond acceptors (Lipinski definition) is 3. The summed E-state index contributed by atoms with van der Waals surface area (Å²) in [5.74, 6) is 0.511. The number of phenols is 1. The summed E-state index contributed by atoms with van der Waals surface area (Å²) >= 11 is 0. The van der Waals surface area contributed by atoms with Crippen LogP contribution in [0.1, 0.15) is 57.0 Å². The number of hydrogen-bond donors (Lipinski definition) is 1. The molecule has 0 amide bonds. The molecular formula is C15H22O3. The molecule has 0 aliphatic rings. The van der Waals surface area contributed by atoms with E-state index >= 15 is 0 Å². The van der Waals surface area contributed by atoms with Gasteiger partial charge in [0.1, 0.15) is 0 Å². The standard InChI is InChI=1S/C15H22O3/c1-6-7-18-13-9-11(10(2)16)8-12(14(13)17)15(3,4)5/h8-9,17H,6-7H2,1-5H3. The van der Waals surface area contributed by atoms with E-state index in [1.807, 2.05) is 27.7 Å². The van der Waals surface area contributed by atoms with Gasteiger partial charge < -0.3 is 9.84 Å². The van der Waals surface area contributed by atoms with Gasteiger partial charge in [-0.2, -0.15) is 0 Å². The highest BCUT2D eigenvalue weighted by molar-refractivity contribution is 5.95. The lowest BCUT2D eigenvalue weighted by molar-refractivity contribution is 0.101. The monoisotopic (exact) mass is 250 g/mol. The molecule has 3 heteroatoms. The fourth-order valence-corrected chi connectivity index (χ4v) is 1.70. The van der Waals surface area contributed by atoms with Gasteiger partial charge in [0.25, 0.3) is 0 Å². The van der Waals surface area contributed by atoms with Crippen molar-refractivity contribution < 1.29 is 14.6 Å². The van der Waals surface area contributed by atoms with Crippen molar-refractivity contribution in [1.29, 1.82) is 0 Å². The van der Waals surface area contributed by atoms with Crippen molar-refractivity contribution >= 4 is 5.78 Å². The highest BCUT2D eigenvalue weighted by Crippen LogP contribution is 2.38. The van der Waals surface area contributed by atoms with Gasteiger partial charge in [-0.3, -0.25) is 4.79 Å². The highest BCUT2D eigenvalue weighted by Gasteiger charge is 2.22. The van der Waals surface area contributed by atoms with Crippen LogP contribution in [-0.4, -0.2) is 17.5 Å².